The molecule has 1 aliphatic rings. The van der Waals surface area contributed by atoms with Crippen LogP contribution in [-0.4, -0.2) is 44.9 Å². The first-order chi connectivity index (χ1) is 23.4. The molecule has 244 valence electrons. The van der Waals surface area contributed by atoms with Crippen molar-refractivity contribution in [2.75, 3.05) is 13.7 Å². The maximum atomic E-state index is 13.6. The lowest BCUT2D eigenvalue weighted by Gasteiger charge is -2.26. The van der Waals surface area contributed by atoms with E-state index >= 15 is 0 Å². The maximum absolute atomic E-state index is 13.6. The number of likely N-dealkylation sites (tertiary alicyclic amines) is 1. The Labute approximate surface area is 279 Å². The first kappa shape index (κ1) is 32.1. The number of ether oxygens (including phenoxy) is 3. The first-order valence-electron chi connectivity index (χ1n) is 15.8. The lowest BCUT2D eigenvalue weighted by Crippen LogP contribution is -2.31. The van der Waals surface area contributed by atoms with Crippen LogP contribution in [0.15, 0.2) is 121 Å². The minimum atomic E-state index is -0.845. The molecular weight excluding hydrogens is 606 g/mol. The molecule has 48 heavy (non-hydrogen) atoms. The van der Waals surface area contributed by atoms with E-state index in [1.165, 1.54) is 4.90 Å². The number of rotatable bonds is 13. The highest BCUT2D eigenvalue weighted by Gasteiger charge is 2.46. The summed E-state index contributed by atoms with van der Waals surface area (Å²) in [6.45, 7) is 3.65. The van der Waals surface area contributed by atoms with E-state index in [9.17, 15) is 14.7 Å². The summed E-state index contributed by atoms with van der Waals surface area (Å²) in [6, 6.07) is 29.2. The van der Waals surface area contributed by atoms with E-state index in [4.69, 9.17) is 14.2 Å². The third kappa shape index (κ3) is 7.25. The summed E-state index contributed by atoms with van der Waals surface area (Å²) >= 11 is 0. The predicted octanol–water partition coefficient (Wildman–Crippen LogP) is 6.87. The second-order valence-corrected chi connectivity index (χ2v) is 11.6. The minimum Gasteiger partial charge on any atom is -0.507 e. The molecule has 5 aromatic rings. The number of benzene rings is 4. The van der Waals surface area contributed by atoms with Crippen molar-refractivity contribution in [1.29, 1.82) is 0 Å². The van der Waals surface area contributed by atoms with Gasteiger partial charge in [-0.05, 0) is 66.4 Å². The third-order valence-electron chi connectivity index (χ3n) is 8.27. The number of hydrogen-bond donors (Lipinski definition) is 1. The van der Waals surface area contributed by atoms with E-state index in [1.54, 1.807) is 62.1 Å². The molecule has 1 fully saturated rings. The van der Waals surface area contributed by atoms with E-state index in [2.05, 4.69) is 11.1 Å². The van der Waals surface area contributed by atoms with Gasteiger partial charge in [0.15, 0.2) is 11.5 Å². The summed E-state index contributed by atoms with van der Waals surface area (Å²) in [5.41, 5.74) is 4.21. The van der Waals surface area contributed by atoms with Crippen LogP contribution in [0.1, 0.15) is 40.3 Å². The zero-order chi connectivity index (χ0) is 33.5. The van der Waals surface area contributed by atoms with Crippen LogP contribution < -0.4 is 14.2 Å². The van der Waals surface area contributed by atoms with Crippen molar-refractivity contribution < 1.29 is 28.9 Å². The van der Waals surface area contributed by atoms with Crippen LogP contribution in [-0.2, 0) is 29.3 Å². The van der Waals surface area contributed by atoms with Gasteiger partial charge in [0, 0.05) is 31.0 Å². The number of Topliss-reactive ketones (excluding diaryl/α,β-unsaturated/α-hetero) is 1. The van der Waals surface area contributed by atoms with Crippen molar-refractivity contribution in [1.82, 2.24) is 14.5 Å². The molecule has 1 atom stereocenters. The van der Waals surface area contributed by atoms with Gasteiger partial charge in [-0.25, -0.2) is 4.98 Å². The largest absolute Gasteiger partial charge is 0.507 e. The van der Waals surface area contributed by atoms with Crippen LogP contribution in [0.2, 0.25) is 0 Å². The van der Waals surface area contributed by atoms with Crippen LogP contribution in [0, 0.1) is 6.92 Å². The van der Waals surface area contributed by atoms with Gasteiger partial charge in [-0.15, -0.1) is 0 Å². The molecular formula is C39H37N3O6. The standard InChI is InChI=1S/C39H37N3O6/c1-27-8-6-11-29(22-27)25-47-32-15-12-30(13-16-32)37(43)35-36(42(39(45)38(35)44)20-7-19-41-21-18-40-26-41)31-14-17-33(34(23-31)46-2)48-24-28-9-4-3-5-10-28/h3-6,8-18,21-23,26,36,43H,7,19-20,24-25H2,1-2H3/b37-35+. The Hall–Kier alpha value is -5.83. The highest BCUT2D eigenvalue weighted by atomic mass is 16.5. The van der Waals surface area contributed by atoms with E-state index in [-0.39, 0.29) is 17.9 Å². The molecule has 4 aromatic carbocycles. The van der Waals surface area contributed by atoms with E-state index < -0.39 is 17.7 Å². The predicted molar refractivity (Wildman–Crippen MR) is 182 cm³/mol. The Bertz CT molecular complexity index is 1900. The van der Waals surface area contributed by atoms with Crippen molar-refractivity contribution in [3.8, 4) is 17.2 Å². The molecule has 1 amide bonds. The van der Waals surface area contributed by atoms with Crippen LogP contribution in [0.4, 0.5) is 0 Å². The Morgan fingerprint density at radius 1 is 0.833 bits per heavy atom. The Kier molecular flexibility index (Phi) is 9.85. The highest BCUT2D eigenvalue weighted by Crippen LogP contribution is 2.42. The number of carbonyl (C=O) groups excluding carboxylic acids is 2. The molecule has 6 rings (SSSR count). The second-order valence-electron chi connectivity index (χ2n) is 11.6. The fraction of sp³-hybridized carbons (Fsp3) is 0.205. The molecule has 9 nitrogen and oxygen atoms in total. The normalized spacial score (nSPS) is 15.5. The SMILES string of the molecule is COc1cc(C2/C(=C(\O)c3ccc(OCc4cccc(C)c4)cc3)C(=O)C(=O)N2CCCn2ccnc2)ccc1OCc1ccccc1. The number of aliphatic hydroxyl groups excluding tert-OH is 1. The molecule has 0 bridgehead atoms. The van der Waals surface area contributed by atoms with Gasteiger partial charge in [-0.2, -0.15) is 0 Å². The van der Waals surface area contributed by atoms with Gasteiger partial charge in [-0.1, -0.05) is 66.2 Å². The second kappa shape index (κ2) is 14.7. The summed E-state index contributed by atoms with van der Waals surface area (Å²) in [5, 5.41) is 11.6. The number of amides is 1. The van der Waals surface area contributed by atoms with E-state index in [0.717, 1.165) is 16.7 Å². The fourth-order valence-corrected chi connectivity index (χ4v) is 5.84. The van der Waals surface area contributed by atoms with Gasteiger partial charge in [0.1, 0.15) is 24.7 Å². The number of aliphatic hydroxyl groups is 1. The number of ketones is 1. The smallest absolute Gasteiger partial charge is 0.295 e. The molecule has 1 aliphatic heterocycles. The molecule has 1 saturated heterocycles. The number of aryl methyl sites for hydroxylation is 2. The summed E-state index contributed by atoms with van der Waals surface area (Å²) in [7, 11) is 1.54. The lowest BCUT2D eigenvalue weighted by atomic mass is 9.95. The van der Waals surface area contributed by atoms with Gasteiger partial charge < -0.3 is 28.8 Å². The highest BCUT2D eigenvalue weighted by molar-refractivity contribution is 6.46. The monoisotopic (exact) mass is 643 g/mol. The number of imidazole rings is 1. The van der Waals surface area contributed by atoms with Gasteiger partial charge >= 0.3 is 0 Å². The summed E-state index contributed by atoms with van der Waals surface area (Å²) < 4.78 is 19.6. The van der Waals surface area contributed by atoms with Crippen LogP contribution in [0.25, 0.3) is 5.76 Å². The van der Waals surface area contributed by atoms with Crippen LogP contribution in [0.5, 0.6) is 17.2 Å². The molecule has 2 heterocycles. The van der Waals surface area contributed by atoms with Crippen LogP contribution >= 0.6 is 0 Å². The Morgan fingerprint density at radius 3 is 2.33 bits per heavy atom. The quantitative estimate of drug-likeness (QED) is 0.0849. The van der Waals surface area contributed by atoms with Crippen molar-refractivity contribution in [3.63, 3.8) is 0 Å². The first-order valence-corrected chi connectivity index (χ1v) is 15.8. The van der Waals surface area contributed by atoms with Crippen molar-refractivity contribution in [2.24, 2.45) is 0 Å². The van der Waals surface area contributed by atoms with Gasteiger partial charge in [0.05, 0.1) is 25.1 Å². The maximum Gasteiger partial charge on any atom is 0.295 e. The van der Waals surface area contributed by atoms with Gasteiger partial charge in [0.2, 0.25) is 0 Å². The number of hydrogen-bond acceptors (Lipinski definition) is 7. The lowest BCUT2D eigenvalue weighted by molar-refractivity contribution is -0.139. The molecule has 9 heteroatoms. The Morgan fingerprint density at radius 2 is 1.60 bits per heavy atom. The van der Waals surface area contributed by atoms with Crippen LogP contribution in [0.3, 0.4) is 0 Å². The Balaban J connectivity index is 1.29. The summed E-state index contributed by atoms with van der Waals surface area (Å²) in [6.07, 6.45) is 5.82. The zero-order valence-corrected chi connectivity index (χ0v) is 26.9. The fourth-order valence-electron chi connectivity index (χ4n) is 5.84. The van der Waals surface area contributed by atoms with Crippen molar-refractivity contribution >= 4 is 17.4 Å². The average Bonchev–Trinajstić information content (AvgIpc) is 3.72. The minimum absolute atomic E-state index is 0.0102. The number of carbonyl (C=O) groups is 2. The zero-order valence-electron chi connectivity index (χ0n) is 26.9. The summed E-state index contributed by atoms with van der Waals surface area (Å²) in [4.78, 5) is 32.8. The van der Waals surface area contributed by atoms with Crippen molar-refractivity contribution in [2.45, 2.75) is 39.1 Å². The van der Waals surface area contributed by atoms with Gasteiger partial charge in [-0.3, -0.25) is 9.59 Å². The third-order valence-corrected chi connectivity index (χ3v) is 8.27. The molecule has 0 radical (unpaired) electrons. The van der Waals surface area contributed by atoms with Crippen molar-refractivity contribution in [3.05, 3.63) is 149 Å². The molecule has 1 aromatic heterocycles. The van der Waals surface area contributed by atoms with E-state index in [1.807, 2.05) is 66.2 Å². The van der Waals surface area contributed by atoms with E-state index in [0.29, 0.717) is 54.6 Å². The number of aromatic nitrogens is 2. The number of nitrogens with zero attached hydrogens (tertiary/aromatic N) is 3. The molecule has 1 N–H and O–H groups in total. The molecule has 0 aliphatic carbocycles. The molecule has 1 unspecified atom stereocenters. The molecule has 0 saturated carbocycles. The average molecular weight is 644 g/mol. The number of methoxy groups -OCH3 is 1. The topological polar surface area (TPSA) is 103 Å². The molecule has 0 spiro atoms. The van der Waals surface area contributed by atoms with Gasteiger partial charge in [0.25, 0.3) is 11.7 Å². The summed E-state index contributed by atoms with van der Waals surface area (Å²) in [5.74, 6) is -0.104.